The van der Waals surface area contributed by atoms with Gasteiger partial charge < -0.3 is 15.3 Å². The van der Waals surface area contributed by atoms with Crippen molar-refractivity contribution in [3.63, 3.8) is 0 Å². The number of hydrogen-bond donors (Lipinski definition) is 2. The summed E-state index contributed by atoms with van der Waals surface area (Å²) >= 11 is 0. The first-order valence-corrected chi connectivity index (χ1v) is 7.50. The molecule has 2 N–H and O–H groups in total. The zero-order valence-corrected chi connectivity index (χ0v) is 13.0. The van der Waals surface area contributed by atoms with E-state index >= 15 is 0 Å². The number of phenols is 1. The molecule has 1 unspecified atom stereocenters. The number of nitriles is 1. The molecule has 1 heterocycles. The molecule has 0 radical (unpaired) electrons. The highest BCUT2D eigenvalue weighted by atomic mass is 16.3. The van der Waals surface area contributed by atoms with Gasteiger partial charge in [0, 0.05) is 13.6 Å². The molecular weight excluding hydrogens is 294 g/mol. The summed E-state index contributed by atoms with van der Waals surface area (Å²) in [5, 5.41) is 21.2. The van der Waals surface area contributed by atoms with E-state index in [0.717, 1.165) is 12.8 Å². The number of phenolic OH excluding ortho intramolecular Hbond substituents is 1. The molecule has 1 aliphatic heterocycles. The lowest BCUT2D eigenvalue weighted by atomic mass is 9.99. The molecule has 1 aliphatic rings. The van der Waals surface area contributed by atoms with Crippen LogP contribution in [0.15, 0.2) is 29.8 Å². The van der Waals surface area contributed by atoms with Crippen molar-refractivity contribution in [2.24, 2.45) is 0 Å². The number of benzene rings is 1. The monoisotopic (exact) mass is 313 g/mol. The van der Waals surface area contributed by atoms with Crippen LogP contribution in [0.25, 0.3) is 6.08 Å². The lowest BCUT2D eigenvalue weighted by Gasteiger charge is -2.34. The lowest BCUT2D eigenvalue weighted by Crippen LogP contribution is -2.51. The minimum Gasteiger partial charge on any atom is -0.508 e. The lowest BCUT2D eigenvalue weighted by molar-refractivity contribution is -0.138. The van der Waals surface area contributed by atoms with Crippen molar-refractivity contribution in [1.82, 2.24) is 10.2 Å². The maximum atomic E-state index is 12.6. The van der Waals surface area contributed by atoms with Gasteiger partial charge in [0.25, 0.3) is 5.91 Å². The van der Waals surface area contributed by atoms with Gasteiger partial charge in [-0.2, -0.15) is 5.26 Å². The molecule has 1 fully saturated rings. The van der Waals surface area contributed by atoms with E-state index in [1.165, 1.54) is 30.2 Å². The van der Waals surface area contributed by atoms with Gasteiger partial charge in [0.15, 0.2) is 0 Å². The van der Waals surface area contributed by atoms with E-state index in [0.29, 0.717) is 18.5 Å². The van der Waals surface area contributed by atoms with Gasteiger partial charge in [0.05, 0.1) is 0 Å². The molecule has 0 spiro atoms. The number of nitrogens with one attached hydrogen (secondary N) is 1. The maximum absolute atomic E-state index is 12.6. The topological polar surface area (TPSA) is 93.4 Å². The third-order valence-corrected chi connectivity index (χ3v) is 3.87. The maximum Gasteiger partial charge on any atom is 0.265 e. The highest BCUT2D eigenvalue weighted by Gasteiger charge is 2.32. The molecule has 1 atom stereocenters. The summed E-state index contributed by atoms with van der Waals surface area (Å²) in [4.78, 5) is 26.1. The summed E-state index contributed by atoms with van der Waals surface area (Å²) < 4.78 is 0. The average Bonchev–Trinajstić information content (AvgIpc) is 2.60. The Kier molecular flexibility index (Phi) is 5.36. The standard InChI is InChI=1S/C17H19N3O3/c1-19-16(22)15-4-2-3-9-20(15)17(23)13(11-18)10-12-5-7-14(21)8-6-12/h5-8,10,15,21H,2-4,9H2,1H3,(H,19,22)/b13-10-. The fraction of sp³-hybridized carbons (Fsp3) is 0.353. The van der Waals surface area contributed by atoms with Crippen molar-refractivity contribution in [3.8, 4) is 11.8 Å². The summed E-state index contributed by atoms with van der Waals surface area (Å²) in [6.45, 7) is 0.464. The summed E-state index contributed by atoms with van der Waals surface area (Å²) in [5.74, 6) is -0.531. The van der Waals surface area contributed by atoms with Crippen LogP contribution < -0.4 is 5.32 Å². The Morgan fingerprint density at radius 2 is 2.04 bits per heavy atom. The molecule has 0 saturated carbocycles. The molecule has 23 heavy (non-hydrogen) atoms. The van der Waals surface area contributed by atoms with Crippen LogP contribution in [-0.4, -0.2) is 41.5 Å². The van der Waals surface area contributed by atoms with Crippen LogP contribution in [0.1, 0.15) is 24.8 Å². The van der Waals surface area contributed by atoms with Gasteiger partial charge in [-0.15, -0.1) is 0 Å². The van der Waals surface area contributed by atoms with Crippen LogP contribution in [0.4, 0.5) is 0 Å². The Balaban J connectivity index is 2.26. The first kappa shape index (κ1) is 16.6. The Morgan fingerprint density at radius 3 is 2.65 bits per heavy atom. The second-order valence-corrected chi connectivity index (χ2v) is 5.39. The number of carbonyl (C=O) groups excluding carboxylic acids is 2. The molecule has 6 heteroatoms. The third kappa shape index (κ3) is 3.89. The minimum absolute atomic E-state index is 0.0218. The number of carbonyl (C=O) groups is 2. The van der Waals surface area contributed by atoms with Gasteiger partial charge in [-0.05, 0) is 43.0 Å². The quantitative estimate of drug-likeness (QED) is 0.652. The van der Waals surface area contributed by atoms with E-state index in [9.17, 15) is 20.0 Å². The van der Waals surface area contributed by atoms with Crippen LogP contribution in [0.3, 0.4) is 0 Å². The molecule has 0 aliphatic carbocycles. The first-order valence-electron chi connectivity index (χ1n) is 7.50. The molecule has 2 amide bonds. The molecule has 120 valence electrons. The number of piperidine rings is 1. The normalized spacial score (nSPS) is 18.2. The van der Waals surface area contributed by atoms with Gasteiger partial charge in [-0.3, -0.25) is 9.59 Å². The second-order valence-electron chi connectivity index (χ2n) is 5.39. The molecule has 0 bridgehead atoms. The molecule has 1 aromatic rings. The van der Waals surface area contributed by atoms with E-state index in [2.05, 4.69) is 5.32 Å². The van der Waals surface area contributed by atoms with Crippen LogP contribution in [0, 0.1) is 11.3 Å². The number of likely N-dealkylation sites (N-methyl/N-ethyl adjacent to an activating group) is 1. The fourth-order valence-electron chi connectivity index (χ4n) is 2.65. The molecule has 0 aromatic heterocycles. The van der Waals surface area contributed by atoms with Gasteiger partial charge in [-0.1, -0.05) is 12.1 Å². The summed E-state index contributed by atoms with van der Waals surface area (Å²) in [7, 11) is 1.54. The molecule has 6 nitrogen and oxygen atoms in total. The summed E-state index contributed by atoms with van der Waals surface area (Å²) in [6.07, 6.45) is 3.77. The van der Waals surface area contributed by atoms with Gasteiger partial charge in [0.2, 0.25) is 5.91 Å². The highest BCUT2D eigenvalue weighted by molar-refractivity contribution is 6.03. The van der Waals surface area contributed by atoms with Crippen molar-refractivity contribution in [2.75, 3.05) is 13.6 Å². The summed E-state index contributed by atoms with van der Waals surface area (Å²) in [5.41, 5.74) is 0.618. The van der Waals surface area contributed by atoms with Crippen LogP contribution >= 0.6 is 0 Å². The zero-order chi connectivity index (χ0) is 16.8. The average molecular weight is 313 g/mol. The van der Waals surface area contributed by atoms with Crippen LogP contribution in [0.5, 0.6) is 5.75 Å². The smallest absolute Gasteiger partial charge is 0.265 e. The minimum atomic E-state index is -0.530. The number of nitrogens with zero attached hydrogens (tertiary/aromatic N) is 2. The molecular formula is C17H19N3O3. The van der Waals surface area contributed by atoms with Gasteiger partial charge in [-0.25, -0.2) is 0 Å². The number of likely N-dealkylation sites (tertiary alicyclic amines) is 1. The Hall–Kier alpha value is -2.81. The van der Waals surface area contributed by atoms with Crippen molar-refractivity contribution in [2.45, 2.75) is 25.3 Å². The van der Waals surface area contributed by atoms with E-state index in [-0.39, 0.29) is 17.2 Å². The highest BCUT2D eigenvalue weighted by Crippen LogP contribution is 2.21. The van der Waals surface area contributed by atoms with Gasteiger partial charge in [0.1, 0.15) is 23.4 Å². The molecule has 1 saturated heterocycles. The number of rotatable bonds is 3. The number of aromatic hydroxyl groups is 1. The number of hydrogen-bond acceptors (Lipinski definition) is 4. The van der Waals surface area contributed by atoms with Crippen LogP contribution in [0.2, 0.25) is 0 Å². The van der Waals surface area contributed by atoms with E-state index in [4.69, 9.17) is 0 Å². The van der Waals surface area contributed by atoms with Crippen molar-refractivity contribution in [3.05, 3.63) is 35.4 Å². The predicted molar refractivity (Wildman–Crippen MR) is 85.1 cm³/mol. The van der Waals surface area contributed by atoms with E-state index in [1.54, 1.807) is 12.1 Å². The second kappa shape index (κ2) is 7.45. The van der Waals surface area contributed by atoms with Crippen molar-refractivity contribution >= 4 is 17.9 Å². The Morgan fingerprint density at radius 1 is 1.35 bits per heavy atom. The number of amides is 2. The van der Waals surface area contributed by atoms with E-state index < -0.39 is 11.9 Å². The van der Waals surface area contributed by atoms with Gasteiger partial charge >= 0.3 is 0 Å². The molecule has 2 rings (SSSR count). The Labute approximate surface area is 135 Å². The van der Waals surface area contributed by atoms with E-state index in [1.807, 2.05) is 6.07 Å². The Bertz CT molecular complexity index is 659. The fourth-order valence-corrected chi connectivity index (χ4v) is 2.65. The SMILES string of the molecule is CNC(=O)C1CCCCN1C(=O)/C(C#N)=C\c1ccc(O)cc1. The predicted octanol–water partition coefficient (Wildman–Crippen LogP) is 1.43. The summed E-state index contributed by atoms with van der Waals surface area (Å²) in [6, 6.07) is 7.59. The largest absolute Gasteiger partial charge is 0.508 e. The van der Waals surface area contributed by atoms with Crippen molar-refractivity contribution < 1.29 is 14.7 Å². The first-order chi connectivity index (χ1) is 11.1. The van der Waals surface area contributed by atoms with Crippen molar-refractivity contribution in [1.29, 1.82) is 5.26 Å². The third-order valence-electron chi connectivity index (χ3n) is 3.87. The zero-order valence-electron chi connectivity index (χ0n) is 13.0. The molecule has 1 aromatic carbocycles. The van der Waals surface area contributed by atoms with Crippen LogP contribution in [-0.2, 0) is 9.59 Å².